The van der Waals surface area contributed by atoms with E-state index in [1.165, 1.54) is 25.7 Å². The Balaban J connectivity index is 1.86. The van der Waals surface area contributed by atoms with E-state index in [-0.39, 0.29) is 5.91 Å². The molecule has 1 fully saturated rings. The minimum Gasteiger partial charge on any atom is -0.356 e. The van der Waals surface area contributed by atoms with Gasteiger partial charge in [-0.3, -0.25) is 4.79 Å². The first-order valence-corrected chi connectivity index (χ1v) is 5.74. The molecule has 1 rings (SSSR count). The number of amides is 1. The zero-order chi connectivity index (χ0) is 10.2. The van der Waals surface area contributed by atoms with Crippen LogP contribution in [0.2, 0.25) is 0 Å². The monoisotopic (exact) mass is 198 g/mol. The maximum absolute atomic E-state index is 11.3. The van der Waals surface area contributed by atoms with E-state index in [4.69, 9.17) is 0 Å². The fourth-order valence-corrected chi connectivity index (χ4v) is 1.71. The molecule has 0 aromatic heterocycles. The van der Waals surface area contributed by atoms with E-state index < -0.39 is 0 Å². The summed E-state index contributed by atoms with van der Waals surface area (Å²) in [4.78, 5) is 11.3. The van der Waals surface area contributed by atoms with Crippen LogP contribution >= 0.6 is 0 Å². The van der Waals surface area contributed by atoms with Crippen molar-refractivity contribution in [3.63, 3.8) is 0 Å². The molecule has 0 atom stereocenters. The molecule has 1 aliphatic rings. The van der Waals surface area contributed by atoms with Crippen molar-refractivity contribution in [2.75, 3.05) is 20.1 Å². The van der Waals surface area contributed by atoms with Crippen LogP contribution in [0.3, 0.4) is 0 Å². The summed E-state index contributed by atoms with van der Waals surface area (Å²) in [6.45, 7) is 1.80. The number of carbonyl (C=O) groups is 1. The van der Waals surface area contributed by atoms with E-state index in [2.05, 4.69) is 10.6 Å². The molecule has 0 aromatic carbocycles. The highest BCUT2D eigenvalue weighted by atomic mass is 16.1. The van der Waals surface area contributed by atoms with Crippen molar-refractivity contribution in [2.45, 2.75) is 38.5 Å². The summed E-state index contributed by atoms with van der Waals surface area (Å²) >= 11 is 0. The normalized spacial score (nSPS) is 16.4. The molecule has 3 nitrogen and oxygen atoms in total. The van der Waals surface area contributed by atoms with Crippen LogP contribution < -0.4 is 10.6 Å². The zero-order valence-corrected chi connectivity index (χ0v) is 9.14. The van der Waals surface area contributed by atoms with Gasteiger partial charge in [-0.15, -0.1) is 0 Å². The maximum Gasteiger partial charge on any atom is 0.220 e. The van der Waals surface area contributed by atoms with Crippen molar-refractivity contribution < 1.29 is 4.79 Å². The van der Waals surface area contributed by atoms with E-state index in [1.54, 1.807) is 0 Å². The third-order valence-corrected chi connectivity index (χ3v) is 2.93. The predicted octanol–water partition coefficient (Wildman–Crippen LogP) is 1.29. The summed E-state index contributed by atoms with van der Waals surface area (Å²) in [6.07, 6.45) is 6.90. The number of carbonyl (C=O) groups excluding carboxylic acids is 1. The second-order valence-electron chi connectivity index (χ2n) is 4.14. The minimum absolute atomic E-state index is 0.208. The van der Waals surface area contributed by atoms with Gasteiger partial charge in [0, 0.05) is 13.0 Å². The van der Waals surface area contributed by atoms with Gasteiger partial charge in [0.1, 0.15) is 0 Å². The molecule has 0 radical (unpaired) electrons. The van der Waals surface area contributed by atoms with E-state index in [1.807, 2.05) is 7.05 Å². The maximum atomic E-state index is 11.3. The molecule has 2 N–H and O–H groups in total. The average Bonchev–Trinajstić information content (AvgIpc) is 2.10. The van der Waals surface area contributed by atoms with E-state index >= 15 is 0 Å². The third-order valence-electron chi connectivity index (χ3n) is 2.93. The SMILES string of the molecule is CNCCCC(=O)NCCC1CCC1. The van der Waals surface area contributed by atoms with Crippen molar-refractivity contribution in [1.29, 1.82) is 0 Å². The van der Waals surface area contributed by atoms with Crippen LogP contribution in [-0.2, 0) is 4.79 Å². The molecule has 1 saturated carbocycles. The highest BCUT2D eigenvalue weighted by molar-refractivity contribution is 5.75. The third kappa shape index (κ3) is 4.61. The Labute approximate surface area is 86.6 Å². The molecular formula is C11H22N2O. The molecule has 0 unspecified atom stereocenters. The first kappa shape index (κ1) is 11.5. The Hall–Kier alpha value is -0.570. The fourth-order valence-electron chi connectivity index (χ4n) is 1.71. The summed E-state index contributed by atoms with van der Waals surface area (Å²) in [5.74, 6) is 1.10. The molecule has 1 aliphatic carbocycles. The smallest absolute Gasteiger partial charge is 0.220 e. The van der Waals surface area contributed by atoms with Gasteiger partial charge < -0.3 is 10.6 Å². The Morgan fingerprint density at radius 1 is 1.36 bits per heavy atom. The van der Waals surface area contributed by atoms with E-state index in [0.717, 1.165) is 25.4 Å². The minimum atomic E-state index is 0.208. The number of rotatable bonds is 7. The molecule has 14 heavy (non-hydrogen) atoms. The van der Waals surface area contributed by atoms with Gasteiger partial charge in [0.15, 0.2) is 0 Å². The van der Waals surface area contributed by atoms with Gasteiger partial charge in [-0.25, -0.2) is 0 Å². The zero-order valence-electron chi connectivity index (χ0n) is 9.14. The van der Waals surface area contributed by atoms with Gasteiger partial charge in [0.25, 0.3) is 0 Å². The standard InChI is InChI=1S/C11H22N2O/c1-12-8-3-6-11(14)13-9-7-10-4-2-5-10/h10,12H,2-9H2,1H3,(H,13,14). The predicted molar refractivity (Wildman–Crippen MR) is 58.1 cm³/mol. The first-order chi connectivity index (χ1) is 6.83. The van der Waals surface area contributed by atoms with Crippen molar-refractivity contribution in [3.05, 3.63) is 0 Å². The van der Waals surface area contributed by atoms with Crippen molar-refractivity contribution in [3.8, 4) is 0 Å². The Morgan fingerprint density at radius 3 is 2.71 bits per heavy atom. The van der Waals surface area contributed by atoms with E-state index in [0.29, 0.717) is 6.42 Å². The summed E-state index contributed by atoms with van der Waals surface area (Å²) < 4.78 is 0. The molecule has 0 saturated heterocycles. The molecule has 0 aromatic rings. The van der Waals surface area contributed by atoms with Crippen LogP contribution in [0.1, 0.15) is 38.5 Å². The first-order valence-electron chi connectivity index (χ1n) is 5.74. The van der Waals surface area contributed by atoms with Crippen molar-refractivity contribution >= 4 is 5.91 Å². The van der Waals surface area contributed by atoms with Crippen molar-refractivity contribution in [1.82, 2.24) is 10.6 Å². The average molecular weight is 198 g/mol. The highest BCUT2D eigenvalue weighted by Crippen LogP contribution is 2.28. The summed E-state index contributed by atoms with van der Waals surface area (Å²) in [5.41, 5.74) is 0. The lowest BCUT2D eigenvalue weighted by Gasteiger charge is -2.25. The topological polar surface area (TPSA) is 41.1 Å². The van der Waals surface area contributed by atoms with Gasteiger partial charge in [-0.05, 0) is 32.4 Å². The Bertz CT molecular complexity index is 167. The van der Waals surface area contributed by atoms with Gasteiger partial charge in [-0.2, -0.15) is 0 Å². The van der Waals surface area contributed by atoms with Crippen LogP contribution in [0.15, 0.2) is 0 Å². The second kappa shape index (κ2) is 6.82. The quantitative estimate of drug-likeness (QED) is 0.605. The largest absolute Gasteiger partial charge is 0.356 e. The molecule has 0 heterocycles. The Morgan fingerprint density at radius 2 is 2.14 bits per heavy atom. The Kier molecular flexibility index (Phi) is 5.60. The molecule has 3 heteroatoms. The molecular weight excluding hydrogens is 176 g/mol. The molecule has 0 aliphatic heterocycles. The van der Waals surface area contributed by atoms with Crippen LogP contribution in [0.25, 0.3) is 0 Å². The van der Waals surface area contributed by atoms with Crippen LogP contribution in [0.4, 0.5) is 0 Å². The number of hydrogen-bond acceptors (Lipinski definition) is 2. The summed E-state index contributed by atoms with van der Waals surface area (Å²) in [6, 6.07) is 0. The molecule has 82 valence electrons. The van der Waals surface area contributed by atoms with E-state index in [9.17, 15) is 4.79 Å². The number of nitrogens with one attached hydrogen (secondary N) is 2. The lowest BCUT2D eigenvalue weighted by molar-refractivity contribution is -0.121. The lowest BCUT2D eigenvalue weighted by atomic mass is 9.83. The fraction of sp³-hybridized carbons (Fsp3) is 0.909. The van der Waals surface area contributed by atoms with Crippen LogP contribution in [0, 0.1) is 5.92 Å². The second-order valence-corrected chi connectivity index (χ2v) is 4.14. The number of hydrogen-bond donors (Lipinski definition) is 2. The van der Waals surface area contributed by atoms with Gasteiger partial charge in [0.05, 0.1) is 0 Å². The van der Waals surface area contributed by atoms with Crippen LogP contribution in [-0.4, -0.2) is 26.0 Å². The molecule has 0 spiro atoms. The highest BCUT2D eigenvalue weighted by Gasteiger charge is 2.16. The van der Waals surface area contributed by atoms with Crippen LogP contribution in [0.5, 0.6) is 0 Å². The molecule has 1 amide bonds. The lowest BCUT2D eigenvalue weighted by Crippen LogP contribution is -2.27. The van der Waals surface area contributed by atoms with Gasteiger partial charge in [0.2, 0.25) is 5.91 Å². The summed E-state index contributed by atoms with van der Waals surface area (Å²) in [7, 11) is 1.91. The van der Waals surface area contributed by atoms with Gasteiger partial charge in [-0.1, -0.05) is 19.3 Å². The summed E-state index contributed by atoms with van der Waals surface area (Å²) in [5, 5.41) is 6.01. The van der Waals surface area contributed by atoms with Gasteiger partial charge >= 0.3 is 0 Å². The molecule has 0 bridgehead atoms. The van der Waals surface area contributed by atoms with Crippen molar-refractivity contribution in [2.24, 2.45) is 5.92 Å².